The third-order valence-corrected chi connectivity index (χ3v) is 2.26. The number of benzene rings is 1. The number of nitrogens with zero attached hydrogens (tertiary/aromatic N) is 1. The van der Waals surface area contributed by atoms with Gasteiger partial charge in [-0.05, 0) is 24.5 Å². The molecule has 0 atom stereocenters. The fourth-order valence-corrected chi connectivity index (χ4v) is 1.50. The molecule has 2 aromatic rings. The van der Waals surface area contributed by atoms with Crippen LogP contribution in [-0.4, -0.2) is 16.2 Å². The summed E-state index contributed by atoms with van der Waals surface area (Å²) in [5, 5.41) is 0.926. The van der Waals surface area contributed by atoms with Crippen LogP contribution in [0.1, 0.15) is 0 Å². The number of aromatic nitrogens is 2. The summed E-state index contributed by atoms with van der Waals surface area (Å²) >= 11 is 1.59. The van der Waals surface area contributed by atoms with Gasteiger partial charge < -0.3 is 10.7 Å². The van der Waals surface area contributed by atoms with Crippen molar-refractivity contribution in [1.29, 1.82) is 0 Å². The minimum Gasteiger partial charge on any atom is -0.399 e. The van der Waals surface area contributed by atoms with Crippen molar-refractivity contribution in [3.63, 3.8) is 0 Å². The van der Waals surface area contributed by atoms with Gasteiger partial charge in [0.25, 0.3) is 0 Å². The third-order valence-electron chi connectivity index (χ3n) is 1.68. The Hall–Kier alpha value is -1.16. The number of aromatic amines is 1. The van der Waals surface area contributed by atoms with Gasteiger partial charge in [-0.25, -0.2) is 4.98 Å². The number of hydrogen-bond acceptors (Lipinski definition) is 3. The second-order valence-corrected chi connectivity index (χ2v) is 3.32. The molecule has 0 unspecified atom stereocenters. The summed E-state index contributed by atoms with van der Waals surface area (Å²) in [6, 6.07) is 5.67. The van der Waals surface area contributed by atoms with Gasteiger partial charge in [0.15, 0.2) is 5.16 Å². The predicted octanol–water partition coefficient (Wildman–Crippen LogP) is 1.87. The highest BCUT2D eigenvalue weighted by Crippen LogP contribution is 2.18. The van der Waals surface area contributed by atoms with Crippen molar-refractivity contribution in [3.8, 4) is 0 Å². The maximum absolute atomic E-state index is 5.61. The van der Waals surface area contributed by atoms with Crippen molar-refractivity contribution in [3.05, 3.63) is 18.2 Å². The summed E-state index contributed by atoms with van der Waals surface area (Å²) in [5.41, 5.74) is 8.33. The molecule has 0 saturated carbocycles. The molecule has 1 heterocycles. The summed E-state index contributed by atoms with van der Waals surface area (Å²) < 4.78 is 0. The van der Waals surface area contributed by atoms with Crippen LogP contribution in [0.2, 0.25) is 0 Å². The number of nitrogens with one attached hydrogen (secondary N) is 1. The molecule has 12 heavy (non-hydrogen) atoms. The van der Waals surface area contributed by atoms with E-state index < -0.39 is 0 Å². The lowest BCUT2D eigenvalue weighted by Gasteiger charge is -1.89. The van der Waals surface area contributed by atoms with Gasteiger partial charge in [0.1, 0.15) is 0 Å². The number of rotatable bonds is 1. The Balaban J connectivity index is 2.67. The molecule has 0 radical (unpaired) electrons. The largest absolute Gasteiger partial charge is 0.399 e. The monoisotopic (exact) mass is 179 g/mol. The topological polar surface area (TPSA) is 54.7 Å². The van der Waals surface area contributed by atoms with Crippen LogP contribution in [-0.2, 0) is 0 Å². The van der Waals surface area contributed by atoms with Crippen LogP contribution < -0.4 is 5.73 Å². The molecule has 0 aliphatic rings. The van der Waals surface area contributed by atoms with E-state index in [0.717, 1.165) is 21.9 Å². The van der Waals surface area contributed by atoms with E-state index in [4.69, 9.17) is 5.73 Å². The number of nitrogen functional groups attached to an aromatic ring is 1. The zero-order valence-electron chi connectivity index (χ0n) is 6.66. The average Bonchev–Trinajstić information content (AvgIpc) is 2.46. The normalized spacial score (nSPS) is 10.8. The Morgan fingerprint density at radius 2 is 2.33 bits per heavy atom. The number of thioether (sulfide) groups is 1. The standard InChI is InChI=1S/C8H9N3S/c1-12-8-10-6-3-2-5(9)4-7(6)11-8/h2-4H,9H2,1H3,(H,10,11). The number of hydrogen-bond donors (Lipinski definition) is 2. The molecular formula is C8H9N3S. The molecule has 0 aliphatic heterocycles. The highest BCUT2D eigenvalue weighted by atomic mass is 32.2. The quantitative estimate of drug-likeness (QED) is 0.519. The average molecular weight is 179 g/mol. The van der Waals surface area contributed by atoms with E-state index in [1.165, 1.54) is 0 Å². The minimum absolute atomic E-state index is 0.752. The molecule has 62 valence electrons. The molecule has 3 N–H and O–H groups in total. The smallest absolute Gasteiger partial charge is 0.166 e. The predicted molar refractivity (Wildman–Crippen MR) is 52.3 cm³/mol. The van der Waals surface area contributed by atoms with Crippen LogP contribution in [0.25, 0.3) is 11.0 Å². The number of H-pyrrole nitrogens is 1. The molecular weight excluding hydrogens is 170 g/mol. The van der Waals surface area contributed by atoms with Gasteiger partial charge in [-0.15, -0.1) is 0 Å². The van der Waals surface area contributed by atoms with Gasteiger partial charge in [0.2, 0.25) is 0 Å². The van der Waals surface area contributed by atoms with Gasteiger partial charge in [-0.1, -0.05) is 11.8 Å². The van der Waals surface area contributed by atoms with Crippen molar-refractivity contribution in [2.24, 2.45) is 0 Å². The summed E-state index contributed by atoms with van der Waals surface area (Å²) in [6.07, 6.45) is 1.99. The summed E-state index contributed by atoms with van der Waals surface area (Å²) in [5.74, 6) is 0. The SMILES string of the molecule is CSc1nc2cc(N)ccc2[nH]1. The fourth-order valence-electron chi connectivity index (χ4n) is 1.10. The Labute approximate surface area is 74.4 Å². The molecule has 0 bridgehead atoms. The van der Waals surface area contributed by atoms with Crippen LogP contribution in [0.5, 0.6) is 0 Å². The zero-order chi connectivity index (χ0) is 8.55. The van der Waals surface area contributed by atoms with Gasteiger partial charge in [0.05, 0.1) is 11.0 Å². The van der Waals surface area contributed by atoms with E-state index in [2.05, 4.69) is 9.97 Å². The van der Waals surface area contributed by atoms with E-state index >= 15 is 0 Å². The number of imidazole rings is 1. The molecule has 0 aliphatic carbocycles. The fraction of sp³-hybridized carbons (Fsp3) is 0.125. The highest BCUT2D eigenvalue weighted by Gasteiger charge is 2.00. The maximum atomic E-state index is 5.61. The maximum Gasteiger partial charge on any atom is 0.166 e. The molecule has 4 heteroatoms. The Kier molecular flexibility index (Phi) is 1.69. The van der Waals surface area contributed by atoms with Crippen molar-refractivity contribution >= 4 is 28.5 Å². The van der Waals surface area contributed by atoms with Crippen LogP contribution in [0.4, 0.5) is 5.69 Å². The van der Waals surface area contributed by atoms with Gasteiger partial charge in [-0.2, -0.15) is 0 Å². The molecule has 0 amide bonds. The zero-order valence-corrected chi connectivity index (χ0v) is 7.48. The Morgan fingerprint density at radius 3 is 3.08 bits per heavy atom. The first-order valence-electron chi connectivity index (χ1n) is 3.59. The van der Waals surface area contributed by atoms with E-state index in [1.54, 1.807) is 11.8 Å². The summed E-state index contributed by atoms with van der Waals surface area (Å²) in [6.45, 7) is 0. The van der Waals surface area contributed by atoms with Crippen LogP contribution in [0, 0.1) is 0 Å². The van der Waals surface area contributed by atoms with Crippen molar-refractivity contribution in [2.45, 2.75) is 5.16 Å². The summed E-state index contributed by atoms with van der Waals surface area (Å²) in [7, 11) is 0. The third kappa shape index (κ3) is 1.14. The van der Waals surface area contributed by atoms with E-state index in [0.29, 0.717) is 0 Å². The molecule has 2 rings (SSSR count). The summed E-state index contributed by atoms with van der Waals surface area (Å²) in [4.78, 5) is 7.49. The Morgan fingerprint density at radius 1 is 1.50 bits per heavy atom. The molecule has 0 spiro atoms. The second-order valence-electron chi connectivity index (χ2n) is 2.52. The molecule has 0 saturated heterocycles. The van der Waals surface area contributed by atoms with E-state index in [1.807, 2.05) is 24.5 Å². The van der Waals surface area contributed by atoms with Gasteiger partial charge in [0, 0.05) is 5.69 Å². The van der Waals surface area contributed by atoms with Crippen LogP contribution in [0.3, 0.4) is 0 Å². The molecule has 1 aromatic carbocycles. The van der Waals surface area contributed by atoms with Gasteiger partial charge >= 0.3 is 0 Å². The highest BCUT2D eigenvalue weighted by molar-refractivity contribution is 7.98. The molecule has 0 fully saturated rings. The van der Waals surface area contributed by atoms with Crippen molar-refractivity contribution in [2.75, 3.05) is 12.0 Å². The Bertz CT molecular complexity index is 408. The second kappa shape index (κ2) is 2.71. The van der Waals surface area contributed by atoms with Crippen molar-refractivity contribution < 1.29 is 0 Å². The van der Waals surface area contributed by atoms with E-state index in [9.17, 15) is 0 Å². The lowest BCUT2D eigenvalue weighted by atomic mass is 10.3. The first kappa shape index (κ1) is 7.49. The molecule has 3 nitrogen and oxygen atoms in total. The minimum atomic E-state index is 0.752. The lowest BCUT2D eigenvalue weighted by Crippen LogP contribution is -1.82. The van der Waals surface area contributed by atoms with Crippen LogP contribution in [0.15, 0.2) is 23.4 Å². The number of nitrogens with two attached hydrogens (primary N) is 1. The van der Waals surface area contributed by atoms with Gasteiger partial charge in [-0.3, -0.25) is 0 Å². The number of fused-ring (bicyclic) bond motifs is 1. The van der Waals surface area contributed by atoms with Crippen LogP contribution >= 0.6 is 11.8 Å². The molecule has 1 aromatic heterocycles. The first-order chi connectivity index (χ1) is 5.79. The van der Waals surface area contributed by atoms with E-state index in [-0.39, 0.29) is 0 Å². The van der Waals surface area contributed by atoms with Crippen molar-refractivity contribution in [1.82, 2.24) is 9.97 Å². The first-order valence-corrected chi connectivity index (χ1v) is 4.81. The number of anilines is 1. The lowest BCUT2D eigenvalue weighted by molar-refractivity contribution is 1.09.